The molecule has 0 aromatic heterocycles. The van der Waals surface area contributed by atoms with E-state index in [1.54, 1.807) is 0 Å². The first-order valence-corrected chi connectivity index (χ1v) is 7.76. The van der Waals surface area contributed by atoms with Gasteiger partial charge in [0.25, 0.3) is 0 Å². The molecule has 124 valence electrons. The van der Waals surface area contributed by atoms with Crippen molar-refractivity contribution < 1.29 is 9.53 Å². The smallest absolute Gasteiger partial charge is 0.318 e. The van der Waals surface area contributed by atoms with Crippen molar-refractivity contribution in [1.82, 2.24) is 4.90 Å². The topological polar surface area (TPSA) is 29.5 Å². The summed E-state index contributed by atoms with van der Waals surface area (Å²) in [5.41, 5.74) is 1.28. The predicted molar refractivity (Wildman–Crippen MR) is 92.4 cm³/mol. The molecule has 1 saturated carbocycles. The molecule has 0 spiro atoms. The molecule has 0 atom stereocenters. The molecule has 0 unspecified atom stereocenters. The van der Waals surface area contributed by atoms with Gasteiger partial charge in [-0.25, -0.2) is 0 Å². The Labute approximate surface area is 140 Å². The Bertz CT molecular complexity index is 502. The highest BCUT2D eigenvalue weighted by Gasteiger charge is 2.46. The molecule has 3 nitrogen and oxygen atoms in total. The highest BCUT2D eigenvalue weighted by atomic mass is 35.5. The molecular formula is C18H28ClNO2. The molecular weight excluding hydrogens is 298 g/mol. The number of hydrogen-bond donors (Lipinski definition) is 0. The first kappa shape index (κ1) is 19.0. The van der Waals surface area contributed by atoms with E-state index in [1.165, 1.54) is 5.56 Å². The van der Waals surface area contributed by atoms with E-state index >= 15 is 0 Å². The number of carbonyl (C=O) groups excluding carboxylic acids is 1. The minimum absolute atomic E-state index is 0. The van der Waals surface area contributed by atoms with E-state index in [9.17, 15) is 4.79 Å². The van der Waals surface area contributed by atoms with Crippen LogP contribution in [0.5, 0.6) is 0 Å². The van der Waals surface area contributed by atoms with Gasteiger partial charge in [-0.3, -0.25) is 9.69 Å². The molecule has 0 N–H and O–H groups in total. The molecule has 1 aliphatic rings. The second-order valence-electron chi connectivity index (χ2n) is 6.89. The van der Waals surface area contributed by atoms with Crippen molar-refractivity contribution in [2.45, 2.75) is 57.6 Å². The molecule has 0 amide bonds. The fourth-order valence-electron chi connectivity index (χ4n) is 2.88. The van der Waals surface area contributed by atoms with Crippen LogP contribution >= 0.6 is 12.4 Å². The van der Waals surface area contributed by atoms with E-state index in [-0.39, 0.29) is 18.4 Å². The van der Waals surface area contributed by atoms with Crippen molar-refractivity contribution in [2.24, 2.45) is 0 Å². The fraction of sp³-hybridized carbons (Fsp3) is 0.611. The van der Waals surface area contributed by atoms with Gasteiger partial charge in [0.05, 0.1) is 5.41 Å². The quantitative estimate of drug-likeness (QED) is 0.617. The third kappa shape index (κ3) is 3.64. The Hall–Kier alpha value is -1.06. The van der Waals surface area contributed by atoms with Crippen LogP contribution in [0.2, 0.25) is 0 Å². The van der Waals surface area contributed by atoms with Crippen LogP contribution in [0.25, 0.3) is 0 Å². The number of nitrogens with zero attached hydrogens (tertiary/aromatic N) is 1. The minimum Gasteiger partial charge on any atom is -0.444 e. The van der Waals surface area contributed by atoms with E-state index in [0.29, 0.717) is 0 Å². The summed E-state index contributed by atoms with van der Waals surface area (Å²) >= 11 is 0. The fourth-order valence-corrected chi connectivity index (χ4v) is 2.88. The van der Waals surface area contributed by atoms with Gasteiger partial charge in [-0.05, 0) is 53.3 Å². The van der Waals surface area contributed by atoms with E-state index in [1.807, 2.05) is 32.8 Å². The maximum Gasteiger partial charge on any atom is 0.318 e. The summed E-state index contributed by atoms with van der Waals surface area (Å²) in [5, 5.41) is 0. The number of esters is 1. The highest BCUT2D eigenvalue weighted by molar-refractivity contribution is 5.85. The molecule has 1 aromatic rings. The molecule has 1 aromatic carbocycles. The summed E-state index contributed by atoms with van der Waals surface area (Å²) in [4.78, 5) is 14.9. The average Bonchev–Trinajstić information content (AvgIpc) is 2.89. The first-order valence-electron chi connectivity index (χ1n) is 7.76. The molecule has 4 heteroatoms. The number of aryl methyl sites for hydroxylation is 1. The molecule has 1 aliphatic carbocycles. The Balaban J connectivity index is 0.00000242. The maximum atomic E-state index is 12.9. The maximum absolute atomic E-state index is 12.9. The lowest BCUT2D eigenvalue weighted by atomic mass is 9.78. The minimum atomic E-state index is -0.586. The van der Waals surface area contributed by atoms with Crippen molar-refractivity contribution in [3.63, 3.8) is 0 Å². The van der Waals surface area contributed by atoms with Crippen LogP contribution in [0.1, 0.15) is 50.7 Å². The molecule has 0 heterocycles. The van der Waals surface area contributed by atoms with E-state index in [0.717, 1.165) is 31.2 Å². The molecule has 1 fully saturated rings. The Morgan fingerprint density at radius 2 is 1.64 bits per heavy atom. The Kier molecular flexibility index (Phi) is 6.05. The molecule has 0 bridgehead atoms. The Morgan fingerprint density at radius 1 is 1.14 bits per heavy atom. The summed E-state index contributed by atoms with van der Waals surface area (Å²) < 4.78 is 5.86. The van der Waals surface area contributed by atoms with Gasteiger partial charge in [0.1, 0.15) is 0 Å². The molecule has 0 aliphatic heterocycles. The number of halogens is 1. The van der Waals surface area contributed by atoms with Gasteiger partial charge >= 0.3 is 5.97 Å². The van der Waals surface area contributed by atoms with Crippen molar-refractivity contribution in [2.75, 3.05) is 14.1 Å². The normalized spacial score (nSPS) is 17.2. The zero-order chi connectivity index (χ0) is 15.7. The van der Waals surface area contributed by atoms with Crippen LogP contribution in [-0.2, 0) is 14.9 Å². The Morgan fingerprint density at radius 3 is 2.09 bits per heavy atom. The van der Waals surface area contributed by atoms with Gasteiger partial charge in [0, 0.05) is 0 Å². The van der Waals surface area contributed by atoms with Crippen LogP contribution in [0, 0.1) is 6.92 Å². The summed E-state index contributed by atoms with van der Waals surface area (Å²) in [6, 6.07) is 8.34. The summed E-state index contributed by atoms with van der Waals surface area (Å²) in [7, 11) is 3.86. The number of benzene rings is 1. The number of ether oxygens (including phenoxy) is 1. The van der Waals surface area contributed by atoms with Crippen molar-refractivity contribution in [1.29, 1.82) is 0 Å². The van der Waals surface area contributed by atoms with Crippen LogP contribution in [-0.4, -0.2) is 30.7 Å². The van der Waals surface area contributed by atoms with Gasteiger partial charge in [0.15, 0.2) is 5.72 Å². The second kappa shape index (κ2) is 7.01. The molecule has 0 radical (unpaired) electrons. The monoisotopic (exact) mass is 325 g/mol. The van der Waals surface area contributed by atoms with Crippen molar-refractivity contribution in [3.8, 4) is 0 Å². The van der Waals surface area contributed by atoms with Gasteiger partial charge in [-0.1, -0.05) is 42.7 Å². The standard InChI is InChI=1S/C18H27NO2.ClH/c1-14-8-10-15(11-9-14)18(12-6-7-13-18)16(20)21-17(2,3)19(4)5;/h8-11H,6-7,12-13H2,1-5H3;1H. The van der Waals surface area contributed by atoms with Gasteiger partial charge in [-0.2, -0.15) is 0 Å². The lowest BCUT2D eigenvalue weighted by Crippen LogP contribution is -2.47. The third-order valence-electron chi connectivity index (χ3n) is 4.87. The lowest BCUT2D eigenvalue weighted by Gasteiger charge is -2.36. The average molecular weight is 326 g/mol. The first-order chi connectivity index (χ1) is 9.78. The van der Waals surface area contributed by atoms with Crippen molar-refractivity contribution >= 4 is 18.4 Å². The second-order valence-corrected chi connectivity index (χ2v) is 6.89. The van der Waals surface area contributed by atoms with Gasteiger partial charge < -0.3 is 4.74 Å². The SMILES string of the molecule is Cc1ccc(C2(C(=O)OC(C)(C)N(C)C)CCCC2)cc1.Cl. The van der Waals surface area contributed by atoms with Gasteiger partial charge in [0.2, 0.25) is 0 Å². The molecule has 2 rings (SSSR count). The summed E-state index contributed by atoms with van der Waals surface area (Å²) in [6.45, 7) is 5.93. The third-order valence-corrected chi connectivity index (χ3v) is 4.87. The summed E-state index contributed by atoms with van der Waals surface area (Å²) in [6.07, 6.45) is 3.95. The summed E-state index contributed by atoms with van der Waals surface area (Å²) in [5.74, 6) is -0.0810. The van der Waals surface area contributed by atoms with Crippen LogP contribution in [0.3, 0.4) is 0 Å². The largest absolute Gasteiger partial charge is 0.444 e. The lowest BCUT2D eigenvalue weighted by molar-refractivity contribution is -0.179. The van der Waals surface area contributed by atoms with Crippen LogP contribution < -0.4 is 0 Å². The van der Waals surface area contributed by atoms with Crippen LogP contribution in [0.4, 0.5) is 0 Å². The van der Waals surface area contributed by atoms with Gasteiger partial charge in [-0.15, -0.1) is 12.4 Å². The highest BCUT2D eigenvalue weighted by Crippen LogP contribution is 2.43. The molecule has 0 saturated heterocycles. The van der Waals surface area contributed by atoms with E-state index < -0.39 is 11.1 Å². The van der Waals surface area contributed by atoms with Crippen LogP contribution in [0.15, 0.2) is 24.3 Å². The zero-order valence-electron chi connectivity index (χ0n) is 14.3. The number of hydrogen-bond acceptors (Lipinski definition) is 3. The number of carbonyl (C=O) groups is 1. The van der Waals surface area contributed by atoms with E-state index in [4.69, 9.17) is 4.74 Å². The van der Waals surface area contributed by atoms with E-state index in [2.05, 4.69) is 31.2 Å². The predicted octanol–water partition coefficient (Wildman–Crippen LogP) is 4.07. The zero-order valence-corrected chi connectivity index (χ0v) is 15.1. The number of rotatable bonds is 4. The van der Waals surface area contributed by atoms with Crippen molar-refractivity contribution in [3.05, 3.63) is 35.4 Å². The molecule has 22 heavy (non-hydrogen) atoms.